The number of para-hydroxylation sites is 2. The van der Waals surface area contributed by atoms with E-state index in [0.29, 0.717) is 56.9 Å². The molecule has 1 aliphatic carbocycles. The molecule has 1 N–H and O–H groups in total. The van der Waals surface area contributed by atoms with E-state index < -0.39 is 23.5 Å². The van der Waals surface area contributed by atoms with E-state index in [2.05, 4.69) is 39.9 Å². The summed E-state index contributed by atoms with van der Waals surface area (Å²) in [6, 6.07) is 16.4. The van der Waals surface area contributed by atoms with Crippen LogP contribution in [0.25, 0.3) is 11.0 Å². The smallest absolute Gasteiger partial charge is 0.341 e. The quantitative estimate of drug-likeness (QED) is 0.292. The minimum Gasteiger partial charge on any atom is -0.341 e. The summed E-state index contributed by atoms with van der Waals surface area (Å²) in [6.45, 7) is 3.65. The van der Waals surface area contributed by atoms with Crippen LogP contribution in [0.2, 0.25) is 0 Å². The van der Waals surface area contributed by atoms with E-state index in [-0.39, 0.29) is 24.1 Å². The molecule has 0 unspecified atom stereocenters. The van der Waals surface area contributed by atoms with Crippen molar-refractivity contribution >= 4 is 22.8 Å². The highest BCUT2D eigenvalue weighted by Gasteiger charge is 2.51. The molecule has 7 nitrogen and oxygen atoms in total. The largest absolute Gasteiger partial charge is 0.471 e. The summed E-state index contributed by atoms with van der Waals surface area (Å²) in [5.41, 5.74) is 1.24. The normalized spacial score (nSPS) is 25.7. The van der Waals surface area contributed by atoms with Crippen LogP contribution in [0, 0.1) is 12.7 Å². The first-order valence-corrected chi connectivity index (χ1v) is 17.1. The molecule has 2 bridgehead atoms. The van der Waals surface area contributed by atoms with Crippen molar-refractivity contribution in [1.29, 1.82) is 0 Å². The van der Waals surface area contributed by atoms with Crippen molar-refractivity contribution in [1.82, 2.24) is 24.7 Å². The van der Waals surface area contributed by atoms with Crippen molar-refractivity contribution in [3.05, 3.63) is 65.7 Å². The Morgan fingerprint density at radius 1 is 0.936 bits per heavy atom. The van der Waals surface area contributed by atoms with Gasteiger partial charge in [0, 0.05) is 31.2 Å². The van der Waals surface area contributed by atoms with Gasteiger partial charge in [-0.25, -0.2) is 9.37 Å². The fraction of sp³-hybridized carbons (Fsp3) is 0.583. The number of aryl methyl sites for hydroxylation is 1. The molecular weight excluding hydrogens is 610 g/mol. The minimum absolute atomic E-state index is 0.201. The Labute approximate surface area is 272 Å². The molecule has 4 heterocycles. The number of piperidine rings is 2. The predicted octanol–water partition coefficient (Wildman–Crippen LogP) is 6.59. The molecule has 3 saturated heterocycles. The van der Waals surface area contributed by atoms with Crippen LogP contribution in [0.15, 0.2) is 48.5 Å². The Hall–Kier alpha value is -3.47. The van der Waals surface area contributed by atoms with Gasteiger partial charge in [-0.3, -0.25) is 14.5 Å². The summed E-state index contributed by atoms with van der Waals surface area (Å²) in [5.74, 6) is -1.74. The Balaban J connectivity index is 1.07. The van der Waals surface area contributed by atoms with Crippen LogP contribution in [0.1, 0.15) is 88.1 Å². The van der Waals surface area contributed by atoms with Crippen LogP contribution in [0.3, 0.4) is 0 Å². The van der Waals surface area contributed by atoms with Crippen molar-refractivity contribution in [3.63, 3.8) is 0 Å². The number of carbonyl (C=O) groups is 2. The highest BCUT2D eigenvalue weighted by molar-refractivity contribution is 5.93. The topological polar surface area (TPSA) is 70.5 Å². The average molecular weight is 654 g/mol. The van der Waals surface area contributed by atoms with E-state index in [4.69, 9.17) is 4.98 Å². The van der Waals surface area contributed by atoms with Crippen LogP contribution in [-0.2, 0) is 15.0 Å². The van der Waals surface area contributed by atoms with Gasteiger partial charge in [0.2, 0.25) is 5.91 Å². The fourth-order valence-electron chi connectivity index (χ4n) is 9.39. The molecule has 2 aromatic carbocycles. The summed E-state index contributed by atoms with van der Waals surface area (Å²) < 4.78 is 56.6. The first-order chi connectivity index (χ1) is 22.5. The van der Waals surface area contributed by atoms with Gasteiger partial charge < -0.3 is 14.8 Å². The van der Waals surface area contributed by atoms with Crippen molar-refractivity contribution in [2.24, 2.45) is 0 Å². The van der Waals surface area contributed by atoms with Gasteiger partial charge in [-0.05, 0) is 106 Å². The number of hydrogen-bond acceptors (Lipinski definition) is 4. The van der Waals surface area contributed by atoms with Crippen LogP contribution in [0.4, 0.5) is 17.6 Å². The highest BCUT2D eigenvalue weighted by Crippen LogP contribution is 2.46. The van der Waals surface area contributed by atoms with E-state index in [1.165, 1.54) is 11.6 Å². The van der Waals surface area contributed by atoms with Gasteiger partial charge in [0.05, 0.1) is 11.0 Å². The minimum atomic E-state index is -5.05. The van der Waals surface area contributed by atoms with E-state index in [9.17, 15) is 27.2 Å². The van der Waals surface area contributed by atoms with E-state index in [1.54, 1.807) is 17.0 Å². The third-order valence-corrected chi connectivity index (χ3v) is 11.8. The zero-order chi connectivity index (χ0) is 33.0. The molecule has 4 fully saturated rings. The van der Waals surface area contributed by atoms with Gasteiger partial charge in [-0.2, -0.15) is 13.2 Å². The maximum Gasteiger partial charge on any atom is 0.471 e. The third-order valence-electron chi connectivity index (χ3n) is 11.8. The third kappa shape index (κ3) is 5.93. The number of imidazole rings is 1. The number of benzene rings is 2. The SMILES string of the molecule is Cc1nc2ccccc2n1[C@H]1C[C@H]2CC[C@@H](C1)N2CCC1(c2cccc(F)c2)CCN(C(=O)C2(NC(=O)C(F)(F)F)CCCC2)CC1. The summed E-state index contributed by atoms with van der Waals surface area (Å²) >= 11 is 0. The molecule has 11 heteroatoms. The zero-order valence-electron chi connectivity index (χ0n) is 26.9. The van der Waals surface area contributed by atoms with Gasteiger partial charge in [0.25, 0.3) is 0 Å². The highest BCUT2D eigenvalue weighted by atomic mass is 19.4. The Morgan fingerprint density at radius 2 is 1.62 bits per heavy atom. The first-order valence-electron chi connectivity index (χ1n) is 17.1. The lowest BCUT2D eigenvalue weighted by molar-refractivity contribution is -0.177. The molecular formula is C36H43F4N5O2. The number of aromatic nitrogens is 2. The van der Waals surface area contributed by atoms with Gasteiger partial charge in [0.15, 0.2) is 0 Å². The van der Waals surface area contributed by atoms with Gasteiger partial charge in [0.1, 0.15) is 17.2 Å². The number of likely N-dealkylation sites (tertiary alicyclic amines) is 1. The lowest BCUT2D eigenvalue weighted by atomic mass is 9.70. The summed E-state index contributed by atoms with van der Waals surface area (Å²) in [5, 5.41) is 2.08. The second-order valence-corrected chi connectivity index (χ2v) is 14.3. The van der Waals surface area contributed by atoms with Crippen molar-refractivity contribution in [2.45, 2.75) is 113 Å². The Bertz CT molecular complexity index is 1630. The fourth-order valence-corrected chi connectivity index (χ4v) is 9.39. The number of hydrogen-bond donors (Lipinski definition) is 1. The van der Waals surface area contributed by atoms with Crippen molar-refractivity contribution in [3.8, 4) is 0 Å². The van der Waals surface area contributed by atoms with Crippen LogP contribution in [0.5, 0.6) is 0 Å². The van der Waals surface area contributed by atoms with Gasteiger partial charge in [-0.1, -0.05) is 37.1 Å². The predicted molar refractivity (Wildman–Crippen MR) is 170 cm³/mol. The number of nitrogens with one attached hydrogen (secondary N) is 1. The molecule has 1 saturated carbocycles. The molecule has 2 amide bonds. The van der Waals surface area contributed by atoms with Gasteiger partial charge in [-0.15, -0.1) is 0 Å². The lowest BCUT2D eigenvalue weighted by Gasteiger charge is -2.47. The molecule has 0 spiro atoms. The van der Waals surface area contributed by atoms with Crippen molar-refractivity contribution < 1.29 is 27.2 Å². The molecule has 7 rings (SSSR count). The standard InChI is InChI=1S/C36H43F4N5O2/c1-24-41-30-9-2-3-10-31(30)45(24)29-22-27-11-12-28(23-29)44(27)20-17-34(25-7-6-8-26(37)21-25)15-18-43(19-16-34)33(47)35(13-4-5-14-35)42-32(46)36(38,39)40/h2-3,6-10,21,27-29H,4-5,11-20,22-23H2,1H3,(H,42,46)/t27-,28+,29+. The zero-order valence-corrected chi connectivity index (χ0v) is 26.9. The van der Waals surface area contributed by atoms with Crippen LogP contribution in [-0.4, -0.2) is 74.6 Å². The number of amides is 2. The van der Waals surface area contributed by atoms with Gasteiger partial charge >= 0.3 is 12.1 Å². The summed E-state index contributed by atoms with van der Waals surface area (Å²) in [7, 11) is 0. The molecule has 0 radical (unpaired) electrons. The summed E-state index contributed by atoms with van der Waals surface area (Å²) in [6.07, 6.45) is 2.89. The number of nitrogens with zero attached hydrogens (tertiary/aromatic N) is 4. The molecule has 3 aromatic rings. The number of alkyl halides is 3. The molecule has 4 aliphatic rings. The Morgan fingerprint density at radius 3 is 2.28 bits per heavy atom. The first kappa shape index (κ1) is 32.1. The van der Waals surface area contributed by atoms with E-state index in [1.807, 2.05) is 12.1 Å². The number of fused-ring (bicyclic) bond motifs is 3. The maximum atomic E-state index is 14.6. The second kappa shape index (κ2) is 12.2. The maximum absolute atomic E-state index is 14.6. The average Bonchev–Trinajstić information content (AvgIpc) is 3.72. The van der Waals surface area contributed by atoms with Crippen LogP contribution >= 0.6 is 0 Å². The number of rotatable bonds is 7. The molecule has 3 atom stereocenters. The monoisotopic (exact) mass is 653 g/mol. The number of halogens is 4. The van der Waals surface area contributed by atoms with E-state index in [0.717, 1.165) is 55.6 Å². The lowest BCUT2D eigenvalue weighted by Crippen LogP contribution is -2.62. The molecule has 3 aliphatic heterocycles. The molecule has 252 valence electrons. The molecule has 47 heavy (non-hydrogen) atoms. The Kier molecular flexibility index (Phi) is 8.33. The van der Waals surface area contributed by atoms with Crippen molar-refractivity contribution in [2.75, 3.05) is 19.6 Å². The molecule has 1 aromatic heterocycles. The van der Waals surface area contributed by atoms with Crippen LogP contribution < -0.4 is 5.32 Å². The second-order valence-electron chi connectivity index (χ2n) is 14.3. The summed E-state index contributed by atoms with van der Waals surface area (Å²) in [4.78, 5) is 34.8. The number of carbonyl (C=O) groups excluding carboxylic acids is 2. The van der Waals surface area contributed by atoms with E-state index >= 15 is 0 Å².